The summed E-state index contributed by atoms with van der Waals surface area (Å²) in [7, 11) is 0. The molecule has 0 radical (unpaired) electrons. The second-order valence-electron chi connectivity index (χ2n) is 4.36. The topological polar surface area (TPSA) is 42.2 Å². The van der Waals surface area contributed by atoms with Crippen LogP contribution in [0.4, 0.5) is 5.69 Å². The molecule has 0 aliphatic rings. The molecule has 2 aromatic rings. The van der Waals surface area contributed by atoms with Gasteiger partial charge in [0.05, 0.1) is 23.6 Å². The fraction of sp³-hybridized carbons (Fsp3) is 0.400. The number of nitrogens with zero attached hydrogens (tertiary/aromatic N) is 3. The lowest BCUT2D eigenvalue weighted by molar-refractivity contribution is 0.632. The predicted octanol–water partition coefficient (Wildman–Crippen LogP) is 1.94. The summed E-state index contributed by atoms with van der Waals surface area (Å²) in [6.07, 6.45) is 3.52. The first-order valence-corrected chi connectivity index (χ1v) is 4.63. The molecule has 0 aliphatic heterocycles. The van der Waals surface area contributed by atoms with E-state index < -0.39 is 0 Å². The van der Waals surface area contributed by atoms with Crippen molar-refractivity contribution in [2.75, 3.05) is 5.32 Å². The Kier molecular flexibility index (Phi) is 1.91. The fourth-order valence-corrected chi connectivity index (χ4v) is 1.32. The quantitative estimate of drug-likeness (QED) is 0.747. The number of fused-ring (bicyclic) bond motifs is 1. The summed E-state index contributed by atoms with van der Waals surface area (Å²) in [5, 5.41) is 11.6. The van der Waals surface area contributed by atoms with Gasteiger partial charge >= 0.3 is 0 Å². The first-order chi connectivity index (χ1) is 6.54. The first-order valence-electron chi connectivity index (χ1n) is 4.63. The Hall–Kier alpha value is -1.58. The lowest BCUT2D eigenvalue weighted by atomic mass is 10.1. The number of anilines is 1. The summed E-state index contributed by atoms with van der Waals surface area (Å²) in [6.45, 7) is 6.36. The zero-order valence-corrected chi connectivity index (χ0v) is 8.65. The molecule has 4 heteroatoms. The number of aromatic nitrogens is 3. The van der Waals surface area contributed by atoms with Crippen LogP contribution in [0.5, 0.6) is 0 Å². The Morgan fingerprint density at radius 3 is 2.79 bits per heavy atom. The molecule has 0 amide bonds. The summed E-state index contributed by atoms with van der Waals surface area (Å²) in [5.41, 5.74) is 2.07. The van der Waals surface area contributed by atoms with Gasteiger partial charge in [0.25, 0.3) is 0 Å². The maximum absolute atomic E-state index is 4.17. The largest absolute Gasteiger partial charge is 0.379 e. The van der Waals surface area contributed by atoms with E-state index in [1.54, 1.807) is 17.0 Å². The monoisotopic (exact) mass is 190 g/mol. The Balaban J connectivity index is 2.35. The van der Waals surface area contributed by atoms with Gasteiger partial charge in [0.1, 0.15) is 0 Å². The van der Waals surface area contributed by atoms with Crippen LogP contribution in [0.2, 0.25) is 0 Å². The smallest absolute Gasteiger partial charge is 0.0893 e. The van der Waals surface area contributed by atoms with E-state index in [9.17, 15) is 0 Å². The molecule has 0 saturated carbocycles. The Morgan fingerprint density at radius 2 is 2.07 bits per heavy atom. The van der Waals surface area contributed by atoms with E-state index in [1.165, 1.54) is 0 Å². The van der Waals surface area contributed by atoms with Crippen LogP contribution in [-0.4, -0.2) is 20.4 Å². The minimum Gasteiger partial charge on any atom is -0.379 e. The molecule has 0 bridgehead atoms. The van der Waals surface area contributed by atoms with Crippen molar-refractivity contribution in [1.29, 1.82) is 0 Å². The predicted molar refractivity (Wildman–Crippen MR) is 56.4 cm³/mol. The van der Waals surface area contributed by atoms with Crippen LogP contribution in [0.25, 0.3) is 5.52 Å². The third-order valence-corrected chi connectivity index (χ3v) is 1.78. The SMILES string of the molecule is CC(C)(C)Nc1cnn2nccc2c1. The number of rotatable bonds is 1. The highest BCUT2D eigenvalue weighted by atomic mass is 15.4. The molecule has 0 aromatic carbocycles. The number of hydrogen-bond donors (Lipinski definition) is 1. The highest BCUT2D eigenvalue weighted by Crippen LogP contribution is 2.14. The van der Waals surface area contributed by atoms with Crippen LogP contribution in [0.3, 0.4) is 0 Å². The molecule has 0 unspecified atom stereocenters. The second kappa shape index (κ2) is 2.97. The van der Waals surface area contributed by atoms with Gasteiger partial charge in [-0.05, 0) is 32.9 Å². The zero-order valence-electron chi connectivity index (χ0n) is 8.65. The minimum absolute atomic E-state index is 0.0556. The molecule has 2 heterocycles. The van der Waals surface area contributed by atoms with Gasteiger partial charge < -0.3 is 5.32 Å². The van der Waals surface area contributed by atoms with Crippen LogP contribution < -0.4 is 5.32 Å². The van der Waals surface area contributed by atoms with Crippen molar-refractivity contribution in [2.45, 2.75) is 26.3 Å². The first kappa shape index (κ1) is 8.99. The molecule has 14 heavy (non-hydrogen) atoms. The van der Waals surface area contributed by atoms with Gasteiger partial charge in [-0.15, -0.1) is 0 Å². The normalized spacial score (nSPS) is 11.9. The van der Waals surface area contributed by atoms with E-state index in [4.69, 9.17) is 0 Å². The van der Waals surface area contributed by atoms with E-state index in [0.29, 0.717) is 0 Å². The van der Waals surface area contributed by atoms with Crippen LogP contribution in [0.1, 0.15) is 20.8 Å². The maximum Gasteiger partial charge on any atom is 0.0893 e. The van der Waals surface area contributed by atoms with Crippen LogP contribution in [-0.2, 0) is 0 Å². The van der Waals surface area contributed by atoms with Crippen molar-refractivity contribution in [3.63, 3.8) is 0 Å². The third kappa shape index (κ3) is 1.84. The van der Waals surface area contributed by atoms with E-state index >= 15 is 0 Å². The van der Waals surface area contributed by atoms with E-state index in [1.807, 2.05) is 12.1 Å². The summed E-state index contributed by atoms with van der Waals surface area (Å²) >= 11 is 0. The number of nitrogens with one attached hydrogen (secondary N) is 1. The molecule has 0 atom stereocenters. The standard InChI is InChI=1S/C10H14N4/c1-10(2,3)13-8-6-9-4-5-11-14(9)12-7-8/h4-7,13H,1-3H3. The average molecular weight is 190 g/mol. The molecule has 0 spiro atoms. The minimum atomic E-state index is 0.0556. The van der Waals surface area contributed by atoms with E-state index in [0.717, 1.165) is 11.2 Å². The zero-order chi connectivity index (χ0) is 10.2. The number of hydrogen-bond acceptors (Lipinski definition) is 3. The summed E-state index contributed by atoms with van der Waals surface area (Å²) in [6, 6.07) is 3.96. The Morgan fingerprint density at radius 1 is 1.29 bits per heavy atom. The molecule has 0 saturated heterocycles. The molecular formula is C10H14N4. The summed E-state index contributed by atoms with van der Waals surface area (Å²) < 4.78 is 1.60. The fourth-order valence-electron chi connectivity index (χ4n) is 1.32. The molecule has 4 nitrogen and oxygen atoms in total. The highest BCUT2D eigenvalue weighted by molar-refractivity contribution is 5.56. The van der Waals surface area contributed by atoms with Gasteiger partial charge in [-0.25, -0.2) is 0 Å². The van der Waals surface area contributed by atoms with Gasteiger partial charge in [-0.3, -0.25) is 0 Å². The van der Waals surface area contributed by atoms with Crippen molar-refractivity contribution in [3.8, 4) is 0 Å². The second-order valence-corrected chi connectivity index (χ2v) is 4.36. The van der Waals surface area contributed by atoms with Crippen molar-refractivity contribution < 1.29 is 0 Å². The Labute approximate surface area is 82.9 Å². The maximum atomic E-state index is 4.17. The lowest BCUT2D eigenvalue weighted by Gasteiger charge is -2.21. The Bertz CT molecular complexity index is 439. The molecule has 0 fully saturated rings. The van der Waals surface area contributed by atoms with Gasteiger partial charge in [0.2, 0.25) is 0 Å². The third-order valence-electron chi connectivity index (χ3n) is 1.78. The van der Waals surface area contributed by atoms with Crippen LogP contribution in [0, 0.1) is 0 Å². The summed E-state index contributed by atoms with van der Waals surface area (Å²) in [4.78, 5) is 0. The van der Waals surface area contributed by atoms with Crippen LogP contribution in [0.15, 0.2) is 24.5 Å². The average Bonchev–Trinajstić information content (AvgIpc) is 2.47. The van der Waals surface area contributed by atoms with E-state index in [2.05, 4.69) is 36.3 Å². The molecule has 74 valence electrons. The molecule has 2 aromatic heterocycles. The molecular weight excluding hydrogens is 176 g/mol. The molecule has 1 N–H and O–H groups in total. The van der Waals surface area contributed by atoms with Crippen molar-refractivity contribution in [1.82, 2.24) is 14.8 Å². The van der Waals surface area contributed by atoms with E-state index in [-0.39, 0.29) is 5.54 Å². The lowest BCUT2D eigenvalue weighted by Crippen LogP contribution is -2.26. The van der Waals surface area contributed by atoms with Crippen LogP contribution >= 0.6 is 0 Å². The van der Waals surface area contributed by atoms with Gasteiger partial charge in [0, 0.05) is 5.54 Å². The van der Waals surface area contributed by atoms with Gasteiger partial charge in [-0.1, -0.05) is 0 Å². The van der Waals surface area contributed by atoms with Crippen molar-refractivity contribution in [2.24, 2.45) is 0 Å². The molecule has 2 rings (SSSR count). The highest BCUT2D eigenvalue weighted by Gasteiger charge is 2.09. The van der Waals surface area contributed by atoms with Crippen molar-refractivity contribution in [3.05, 3.63) is 24.5 Å². The molecule has 0 aliphatic carbocycles. The van der Waals surface area contributed by atoms with Crippen molar-refractivity contribution >= 4 is 11.2 Å². The van der Waals surface area contributed by atoms with Gasteiger partial charge in [0.15, 0.2) is 0 Å². The van der Waals surface area contributed by atoms with Gasteiger partial charge in [-0.2, -0.15) is 14.8 Å². The summed E-state index contributed by atoms with van der Waals surface area (Å²) in [5.74, 6) is 0.